The summed E-state index contributed by atoms with van der Waals surface area (Å²) in [5.74, 6) is -2.64. The van der Waals surface area contributed by atoms with Crippen molar-refractivity contribution in [2.24, 2.45) is 17.8 Å². The number of carbonyl (C=O) groups is 4. The molecule has 192 valence electrons. The van der Waals surface area contributed by atoms with Gasteiger partial charge in [0.25, 0.3) is 5.91 Å². The Bertz CT molecular complexity index is 973. The molecule has 2 rings (SSSR count). The van der Waals surface area contributed by atoms with Crippen molar-refractivity contribution < 1.29 is 24.3 Å². The van der Waals surface area contributed by atoms with Gasteiger partial charge in [-0.25, -0.2) is 4.79 Å². The molecule has 0 saturated heterocycles. The summed E-state index contributed by atoms with van der Waals surface area (Å²) in [6.45, 7) is 11.4. The summed E-state index contributed by atoms with van der Waals surface area (Å²) in [6, 6.07) is 4.87. The van der Waals surface area contributed by atoms with Gasteiger partial charge in [-0.2, -0.15) is 0 Å². The lowest BCUT2D eigenvalue weighted by Gasteiger charge is -2.33. The summed E-state index contributed by atoms with van der Waals surface area (Å²) in [5.41, 5.74) is 1.89. The Hall–Kier alpha value is -3.16. The number of rotatable bonds is 11. The van der Waals surface area contributed by atoms with Gasteiger partial charge in [-0.05, 0) is 35.0 Å². The third-order valence-electron chi connectivity index (χ3n) is 7.17. The molecule has 0 aliphatic carbocycles. The smallest absolute Gasteiger partial charge is 0.326 e. The molecule has 1 aromatic carbocycles. The number of carboxylic acids is 1. The molecule has 0 unspecified atom stereocenters. The van der Waals surface area contributed by atoms with Crippen molar-refractivity contribution in [3.8, 4) is 0 Å². The van der Waals surface area contributed by atoms with Gasteiger partial charge in [-0.3, -0.25) is 14.4 Å². The monoisotopic (exact) mass is 485 g/mol. The maximum Gasteiger partial charge on any atom is 0.326 e. The van der Waals surface area contributed by atoms with Crippen LogP contribution in [0, 0.1) is 17.8 Å². The van der Waals surface area contributed by atoms with Crippen LogP contribution in [0.4, 0.5) is 0 Å². The minimum absolute atomic E-state index is 0.0897. The van der Waals surface area contributed by atoms with E-state index in [1.165, 1.54) is 6.08 Å². The largest absolute Gasteiger partial charge is 0.480 e. The second-order valence-electron chi connectivity index (χ2n) is 9.56. The number of carbonyl (C=O) groups excluding carboxylic acids is 3. The normalized spacial score (nSPS) is 20.6. The third kappa shape index (κ3) is 6.71. The lowest BCUT2D eigenvalue weighted by molar-refractivity contribution is -0.144. The molecule has 8 heteroatoms. The van der Waals surface area contributed by atoms with Gasteiger partial charge in [0.05, 0.1) is 6.04 Å². The first-order chi connectivity index (χ1) is 16.5. The van der Waals surface area contributed by atoms with Crippen LogP contribution in [0.5, 0.6) is 0 Å². The Balaban J connectivity index is 2.37. The van der Waals surface area contributed by atoms with Crippen LogP contribution in [0.3, 0.4) is 0 Å². The van der Waals surface area contributed by atoms with Gasteiger partial charge in [0.15, 0.2) is 0 Å². The predicted octanol–water partition coefficient (Wildman–Crippen LogP) is 3.37. The van der Waals surface area contributed by atoms with E-state index in [1.807, 2.05) is 46.8 Å². The minimum atomic E-state index is -1.10. The standard InChI is InChI=1S/C27H39N3O5/c1-7-15(4)22-20(18-12-10-11-13-19(18)25(32)29-22)14-21(31)28-23(16(5)8-2)26(33)30-24(27(34)35)17(6)9-3/h10-17,22-24H,7-9H2,1-6H3,(H,28,31)(H,29,32)(H,30,33)(H,34,35)/t15-,16-,17-,22-,23-,24-/m0/s1. The SMILES string of the molecule is CC[C@H](C)[C@H](NC(=O)[C@@H](NC(=O)C=C1c2ccccc2C(=O)N[C@H]1[C@@H](C)CC)[C@@H](C)CC)C(=O)O. The van der Waals surface area contributed by atoms with Crippen LogP contribution in [0.2, 0.25) is 0 Å². The Morgan fingerprint density at radius 2 is 1.51 bits per heavy atom. The molecule has 0 spiro atoms. The van der Waals surface area contributed by atoms with E-state index in [1.54, 1.807) is 19.1 Å². The maximum absolute atomic E-state index is 13.2. The molecular formula is C27H39N3O5. The van der Waals surface area contributed by atoms with E-state index in [0.29, 0.717) is 29.5 Å². The van der Waals surface area contributed by atoms with E-state index in [9.17, 15) is 24.3 Å². The molecule has 0 fully saturated rings. The summed E-state index contributed by atoms with van der Waals surface area (Å²) in [7, 11) is 0. The zero-order chi connectivity index (χ0) is 26.3. The highest BCUT2D eigenvalue weighted by atomic mass is 16.4. The third-order valence-corrected chi connectivity index (χ3v) is 7.17. The lowest BCUT2D eigenvalue weighted by atomic mass is 9.82. The Labute approximate surface area is 207 Å². The second-order valence-corrected chi connectivity index (χ2v) is 9.56. The van der Waals surface area contributed by atoms with E-state index in [4.69, 9.17) is 0 Å². The fourth-order valence-electron chi connectivity index (χ4n) is 4.21. The Kier molecular flexibility index (Phi) is 10.0. The van der Waals surface area contributed by atoms with Crippen LogP contribution in [-0.2, 0) is 14.4 Å². The lowest BCUT2D eigenvalue weighted by Crippen LogP contribution is -2.55. The summed E-state index contributed by atoms with van der Waals surface area (Å²) < 4.78 is 0. The number of fused-ring (bicyclic) bond motifs is 1. The van der Waals surface area contributed by atoms with Gasteiger partial charge in [0.1, 0.15) is 12.1 Å². The summed E-state index contributed by atoms with van der Waals surface area (Å²) >= 11 is 0. The Morgan fingerprint density at radius 3 is 2.06 bits per heavy atom. The van der Waals surface area contributed by atoms with E-state index in [2.05, 4.69) is 16.0 Å². The molecule has 1 aliphatic heterocycles. The fraction of sp³-hybridized carbons (Fsp3) is 0.556. The topological polar surface area (TPSA) is 125 Å². The fourth-order valence-corrected chi connectivity index (χ4v) is 4.21. The van der Waals surface area contributed by atoms with E-state index in [-0.39, 0.29) is 29.7 Å². The highest BCUT2D eigenvalue weighted by molar-refractivity contribution is 6.07. The Morgan fingerprint density at radius 1 is 0.943 bits per heavy atom. The number of amides is 3. The molecule has 8 nitrogen and oxygen atoms in total. The van der Waals surface area contributed by atoms with Crippen molar-refractivity contribution in [1.82, 2.24) is 16.0 Å². The van der Waals surface area contributed by atoms with Crippen molar-refractivity contribution in [2.45, 2.75) is 78.9 Å². The number of nitrogens with one attached hydrogen (secondary N) is 3. The van der Waals surface area contributed by atoms with E-state index < -0.39 is 29.9 Å². The highest BCUT2D eigenvalue weighted by Crippen LogP contribution is 2.31. The van der Waals surface area contributed by atoms with Gasteiger partial charge >= 0.3 is 5.97 Å². The van der Waals surface area contributed by atoms with Gasteiger partial charge in [-0.15, -0.1) is 0 Å². The molecule has 1 aromatic rings. The highest BCUT2D eigenvalue weighted by Gasteiger charge is 2.34. The van der Waals surface area contributed by atoms with Gasteiger partial charge < -0.3 is 21.1 Å². The molecule has 35 heavy (non-hydrogen) atoms. The zero-order valence-corrected chi connectivity index (χ0v) is 21.6. The molecule has 0 bridgehead atoms. The first-order valence-electron chi connectivity index (χ1n) is 12.5. The van der Waals surface area contributed by atoms with Gasteiger partial charge in [0, 0.05) is 11.6 Å². The van der Waals surface area contributed by atoms with Crippen molar-refractivity contribution in [2.75, 3.05) is 0 Å². The van der Waals surface area contributed by atoms with E-state index in [0.717, 1.165) is 6.42 Å². The molecular weight excluding hydrogens is 446 g/mol. The first-order valence-corrected chi connectivity index (χ1v) is 12.5. The average Bonchev–Trinajstić information content (AvgIpc) is 2.85. The van der Waals surface area contributed by atoms with Crippen molar-refractivity contribution in [3.63, 3.8) is 0 Å². The first kappa shape index (κ1) is 28.1. The molecule has 0 saturated carbocycles. The summed E-state index contributed by atoms with van der Waals surface area (Å²) in [5, 5.41) is 18.0. The van der Waals surface area contributed by atoms with Crippen molar-refractivity contribution in [3.05, 3.63) is 41.5 Å². The molecule has 4 N–H and O–H groups in total. The average molecular weight is 486 g/mol. The number of aliphatic carboxylic acids is 1. The quantitative estimate of drug-likeness (QED) is 0.358. The summed E-state index contributed by atoms with van der Waals surface area (Å²) in [6.07, 6.45) is 3.47. The van der Waals surface area contributed by atoms with Crippen LogP contribution in [-0.4, -0.2) is 46.9 Å². The second kappa shape index (κ2) is 12.5. The predicted molar refractivity (Wildman–Crippen MR) is 136 cm³/mol. The maximum atomic E-state index is 13.2. The molecule has 0 radical (unpaired) electrons. The van der Waals surface area contributed by atoms with E-state index >= 15 is 0 Å². The number of benzene rings is 1. The van der Waals surface area contributed by atoms with Crippen molar-refractivity contribution in [1.29, 1.82) is 0 Å². The van der Waals surface area contributed by atoms with Crippen LogP contribution in [0.25, 0.3) is 5.57 Å². The molecule has 3 amide bonds. The van der Waals surface area contributed by atoms with Crippen LogP contribution < -0.4 is 16.0 Å². The number of hydrogen-bond donors (Lipinski definition) is 4. The van der Waals surface area contributed by atoms with Crippen LogP contribution >= 0.6 is 0 Å². The molecule has 6 atom stereocenters. The van der Waals surface area contributed by atoms with Crippen LogP contribution in [0.15, 0.2) is 30.3 Å². The molecule has 1 aliphatic rings. The minimum Gasteiger partial charge on any atom is -0.480 e. The molecule has 0 aromatic heterocycles. The van der Waals surface area contributed by atoms with Gasteiger partial charge in [-0.1, -0.05) is 79.0 Å². The number of hydrogen-bond acceptors (Lipinski definition) is 4. The summed E-state index contributed by atoms with van der Waals surface area (Å²) in [4.78, 5) is 50.7. The molecule has 1 heterocycles. The van der Waals surface area contributed by atoms with Crippen molar-refractivity contribution >= 4 is 29.3 Å². The zero-order valence-electron chi connectivity index (χ0n) is 21.6. The van der Waals surface area contributed by atoms with Gasteiger partial charge in [0.2, 0.25) is 11.8 Å². The van der Waals surface area contributed by atoms with Crippen LogP contribution in [0.1, 0.15) is 76.7 Å². The number of carboxylic acid groups (broad SMARTS) is 1.